The van der Waals surface area contributed by atoms with E-state index in [4.69, 9.17) is 0 Å². The number of rotatable bonds is 5. The molecule has 1 saturated heterocycles. The van der Waals surface area contributed by atoms with E-state index in [0.29, 0.717) is 18.8 Å². The number of carbonyl (C=O) groups excluding carboxylic acids is 1. The molecule has 3 aromatic rings. The average molecular weight is 403 g/mol. The van der Waals surface area contributed by atoms with Gasteiger partial charge in [-0.3, -0.25) is 19.5 Å². The van der Waals surface area contributed by atoms with Crippen LogP contribution in [0.4, 0.5) is 0 Å². The summed E-state index contributed by atoms with van der Waals surface area (Å²) in [5.41, 5.74) is 2.49. The van der Waals surface area contributed by atoms with Gasteiger partial charge in [0.25, 0.3) is 5.56 Å². The molecule has 1 amide bonds. The van der Waals surface area contributed by atoms with Gasteiger partial charge in [0.2, 0.25) is 5.91 Å². The van der Waals surface area contributed by atoms with Crippen LogP contribution in [0.5, 0.6) is 0 Å². The lowest BCUT2D eigenvalue weighted by Crippen LogP contribution is -2.50. The molecule has 4 rings (SSSR count). The fraction of sp³-hybridized carbons (Fsp3) is 0.304. The summed E-state index contributed by atoms with van der Waals surface area (Å²) in [6.45, 7) is 5.54. The second-order valence-corrected chi connectivity index (χ2v) is 7.50. The zero-order valence-electron chi connectivity index (χ0n) is 17.0. The van der Waals surface area contributed by atoms with Crippen molar-refractivity contribution in [1.82, 2.24) is 24.6 Å². The molecule has 0 bridgehead atoms. The molecule has 1 fully saturated rings. The van der Waals surface area contributed by atoms with E-state index in [-0.39, 0.29) is 11.5 Å². The molecule has 7 nitrogen and oxygen atoms in total. The Morgan fingerprint density at radius 1 is 0.967 bits per heavy atom. The molecule has 0 spiro atoms. The third-order valence-electron chi connectivity index (χ3n) is 5.46. The molecule has 1 atom stereocenters. The van der Waals surface area contributed by atoms with Crippen LogP contribution in [0.1, 0.15) is 18.5 Å². The monoisotopic (exact) mass is 403 g/mol. The molecular weight excluding hydrogens is 378 g/mol. The first-order valence-electron chi connectivity index (χ1n) is 10.2. The largest absolute Gasteiger partial charge is 0.338 e. The van der Waals surface area contributed by atoms with E-state index in [0.717, 1.165) is 25.2 Å². The van der Waals surface area contributed by atoms with Gasteiger partial charge < -0.3 is 4.90 Å². The Morgan fingerprint density at radius 3 is 2.37 bits per heavy atom. The Morgan fingerprint density at radius 2 is 1.67 bits per heavy atom. The Hall–Kier alpha value is -3.32. The number of carbonyl (C=O) groups is 1. The molecule has 1 aliphatic heterocycles. The van der Waals surface area contributed by atoms with Crippen molar-refractivity contribution in [3.63, 3.8) is 0 Å². The van der Waals surface area contributed by atoms with Crippen molar-refractivity contribution < 1.29 is 4.79 Å². The molecule has 2 aromatic heterocycles. The second-order valence-electron chi connectivity index (χ2n) is 7.50. The molecule has 154 valence electrons. The summed E-state index contributed by atoms with van der Waals surface area (Å²) in [6, 6.07) is 16.5. The van der Waals surface area contributed by atoms with Crippen LogP contribution < -0.4 is 5.56 Å². The van der Waals surface area contributed by atoms with E-state index < -0.39 is 6.04 Å². The summed E-state index contributed by atoms with van der Waals surface area (Å²) >= 11 is 0. The predicted octanol–water partition coefficient (Wildman–Crippen LogP) is 2.21. The second kappa shape index (κ2) is 9.00. The van der Waals surface area contributed by atoms with Crippen LogP contribution >= 0.6 is 0 Å². The zero-order valence-corrected chi connectivity index (χ0v) is 17.0. The van der Waals surface area contributed by atoms with Crippen LogP contribution in [-0.4, -0.2) is 56.7 Å². The first-order valence-corrected chi connectivity index (χ1v) is 10.2. The van der Waals surface area contributed by atoms with Crippen molar-refractivity contribution in [2.24, 2.45) is 0 Å². The van der Waals surface area contributed by atoms with Crippen molar-refractivity contribution in [3.05, 3.63) is 82.9 Å². The van der Waals surface area contributed by atoms with Gasteiger partial charge >= 0.3 is 0 Å². The van der Waals surface area contributed by atoms with E-state index in [9.17, 15) is 9.59 Å². The van der Waals surface area contributed by atoms with Crippen molar-refractivity contribution in [3.8, 4) is 11.3 Å². The molecule has 0 N–H and O–H groups in total. The maximum absolute atomic E-state index is 13.1. The maximum atomic E-state index is 13.1. The third-order valence-corrected chi connectivity index (χ3v) is 5.46. The summed E-state index contributed by atoms with van der Waals surface area (Å²) < 4.78 is 1.29. The topological polar surface area (TPSA) is 71.3 Å². The van der Waals surface area contributed by atoms with E-state index in [1.54, 1.807) is 25.4 Å². The summed E-state index contributed by atoms with van der Waals surface area (Å²) in [7, 11) is 0. The molecular formula is C23H25N5O2. The van der Waals surface area contributed by atoms with Gasteiger partial charge in [-0.25, -0.2) is 4.68 Å². The SMILES string of the molecule is CC(C(=O)N1CCN(Cc2ccccc2)CC1)n1nc(-c2ccncc2)ccc1=O. The lowest BCUT2D eigenvalue weighted by Gasteiger charge is -2.36. The van der Waals surface area contributed by atoms with Gasteiger partial charge in [0.15, 0.2) is 0 Å². The van der Waals surface area contributed by atoms with Gasteiger partial charge in [0.1, 0.15) is 6.04 Å². The van der Waals surface area contributed by atoms with E-state index >= 15 is 0 Å². The fourth-order valence-electron chi connectivity index (χ4n) is 3.72. The molecule has 30 heavy (non-hydrogen) atoms. The van der Waals surface area contributed by atoms with Crippen molar-refractivity contribution in [2.45, 2.75) is 19.5 Å². The highest BCUT2D eigenvalue weighted by Crippen LogP contribution is 2.16. The van der Waals surface area contributed by atoms with Crippen molar-refractivity contribution in [1.29, 1.82) is 0 Å². The highest BCUT2D eigenvalue weighted by Gasteiger charge is 2.27. The normalized spacial score (nSPS) is 15.7. The molecule has 7 heteroatoms. The van der Waals surface area contributed by atoms with Crippen molar-refractivity contribution in [2.75, 3.05) is 26.2 Å². The van der Waals surface area contributed by atoms with Crippen LogP contribution in [0.3, 0.4) is 0 Å². The number of piperazine rings is 1. The zero-order chi connectivity index (χ0) is 20.9. The number of amides is 1. The molecule has 0 saturated carbocycles. The standard InChI is InChI=1S/C23H25N5O2/c1-18(28-22(29)8-7-21(25-28)20-9-11-24-12-10-20)23(30)27-15-13-26(14-16-27)17-19-5-3-2-4-6-19/h2-12,18H,13-17H2,1H3. The minimum atomic E-state index is -0.653. The lowest BCUT2D eigenvalue weighted by molar-refractivity contribution is -0.136. The van der Waals surface area contributed by atoms with E-state index in [2.05, 4.69) is 27.1 Å². The van der Waals surface area contributed by atoms with Gasteiger partial charge in [-0.05, 0) is 30.7 Å². The molecule has 0 aliphatic carbocycles. The summed E-state index contributed by atoms with van der Waals surface area (Å²) in [5.74, 6) is -0.0733. The van der Waals surface area contributed by atoms with Gasteiger partial charge in [0, 0.05) is 56.7 Å². The van der Waals surface area contributed by atoms with Gasteiger partial charge in [-0.15, -0.1) is 0 Å². The van der Waals surface area contributed by atoms with Crippen LogP contribution in [0.2, 0.25) is 0 Å². The molecule has 3 heterocycles. The Kier molecular flexibility index (Phi) is 5.99. The predicted molar refractivity (Wildman–Crippen MR) is 115 cm³/mol. The van der Waals surface area contributed by atoms with Gasteiger partial charge in [0.05, 0.1) is 5.69 Å². The summed E-state index contributed by atoms with van der Waals surface area (Å²) in [6.07, 6.45) is 3.35. The number of nitrogens with zero attached hydrogens (tertiary/aromatic N) is 5. The van der Waals surface area contributed by atoms with Crippen LogP contribution in [-0.2, 0) is 11.3 Å². The molecule has 0 radical (unpaired) electrons. The highest BCUT2D eigenvalue weighted by atomic mass is 16.2. The molecule has 1 aliphatic rings. The summed E-state index contributed by atoms with van der Waals surface area (Å²) in [5, 5.41) is 4.45. The first-order chi connectivity index (χ1) is 14.6. The lowest BCUT2D eigenvalue weighted by atomic mass is 10.2. The minimum absolute atomic E-state index is 0.0733. The first kappa shape index (κ1) is 20.0. The van der Waals surface area contributed by atoms with Gasteiger partial charge in [-0.1, -0.05) is 30.3 Å². The maximum Gasteiger partial charge on any atom is 0.267 e. The average Bonchev–Trinajstić information content (AvgIpc) is 2.80. The van der Waals surface area contributed by atoms with Crippen LogP contribution in [0, 0.1) is 0 Å². The quantitative estimate of drug-likeness (QED) is 0.653. The molecule has 1 aromatic carbocycles. The number of benzene rings is 1. The Labute approximate surface area is 175 Å². The number of hydrogen-bond donors (Lipinski definition) is 0. The third kappa shape index (κ3) is 4.46. The van der Waals surface area contributed by atoms with Crippen molar-refractivity contribution >= 4 is 5.91 Å². The summed E-state index contributed by atoms with van der Waals surface area (Å²) in [4.78, 5) is 33.6. The van der Waals surface area contributed by atoms with Crippen LogP contribution in [0.25, 0.3) is 11.3 Å². The van der Waals surface area contributed by atoms with E-state index in [1.807, 2.05) is 35.2 Å². The Balaban J connectivity index is 1.42. The Bertz CT molecular complexity index is 1040. The highest BCUT2D eigenvalue weighted by molar-refractivity contribution is 5.80. The number of aromatic nitrogens is 3. The van der Waals surface area contributed by atoms with Gasteiger partial charge in [-0.2, -0.15) is 5.10 Å². The van der Waals surface area contributed by atoms with E-state index in [1.165, 1.54) is 16.3 Å². The number of hydrogen-bond acceptors (Lipinski definition) is 5. The minimum Gasteiger partial charge on any atom is -0.338 e. The molecule has 1 unspecified atom stereocenters. The number of pyridine rings is 1. The smallest absolute Gasteiger partial charge is 0.267 e. The fourth-order valence-corrected chi connectivity index (χ4v) is 3.72. The van der Waals surface area contributed by atoms with Crippen LogP contribution in [0.15, 0.2) is 71.8 Å².